The lowest BCUT2D eigenvalue weighted by molar-refractivity contribution is 0.0697. The topological polar surface area (TPSA) is 57.7 Å². The Balaban J connectivity index is 2.25. The maximum absolute atomic E-state index is 12.6. The van der Waals surface area contributed by atoms with E-state index >= 15 is 0 Å². The number of hydrogen-bond donors (Lipinski definition) is 0. The number of likely N-dealkylation sites (tertiary alicyclic amines) is 1. The molecule has 1 aliphatic heterocycles. The summed E-state index contributed by atoms with van der Waals surface area (Å²) in [5.74, 6) is 0.562. The molecule has 5 nitrogen and oxygen atoms in total. The van der Waals surface area contributed by atoms with Crippen molar-refractivity contribution in [2.45, 2.75) is 44.6 Å². The summed E-state index contributed by atoms with van der Waals surface area (Å²) in [7, 11) is -2.02. The van der Waals surface area contributed by atoms with Crippen molar-refractivity contribution in [2.24, 2.45) is 5.92 Å². The summed E-state index contributed by atoms with van der Waals surface area (Å²) in [5.41, 5.74) is 0.442. The van der Waals surface area contributed by atoms with Crippen molar-refractivity contribution in [3.63, 3.8) is 0 Å². The van der Waals surface area contributed by atoms with Crippen molar-refractivity contribution in [3.8, 4) is 0 Å². The first-order valence-electron chi connectivity index (χ1n) is 8.11. The summed E-state index contributed by atoms with van der Waals surface area (Å²) >= 11 is 0. The maximum atomic E-state index is 12.6. The molecule has 1 aromatic carbocycles. The SMILES string of the molecule is CC1CCN(C(=O)c2cccc(S(=O)(=O)N(C)C(C)C)c2)CC1. The molecule has 0 atom stereocenters. The third kappa shape index (κ3) is 3.93. The molecule has 0 unspecified atom stereocenters. The Morgan fingerprint density at radius 3 is 2.43 bits per heavy atom. The Kier molecular flexibility index (Phi) is 5.47. The van der Waals surface area contributed by atoms with Gasteiger partial charge in [-0.1, -0.05) is 13.0 Å². The van der Waals surface area contributed by atoms with E-state index in [4.69, 9.17) is 0 Å². The Bertz CT molecular complexity index is 662. The van der Waals surface area contributed by atoms with E-state index < -0.39 is 10.0 Å². The van der Waals surface area contributed by atoms with Gasteiger partial charge in [0.05, 0.1) is 4.90 Å². The van der Waals surface area contributed by atoms with E-state index in [1.165, 1.54) is 10.4 Å². The highest BCUT2D eigenvalue weighted by atomic mass is 32.2. The van der Waals surface area contributed by atoms with Crippen molar-refractivity contribution in [3.05, 3.63) is 29.8 Å². The van der Waals surface area contributed by atoms with Crippen LogP contribution in [0.1, 0.15) is 44.0 Å². The Morgan fingerprint density at radius 1 is 1.26 bits per heavy atom. The predicted molar refractivity (Wildman–Crippen MR) is 90.8 cm³/mol. The van der Waals surface area contributed by atoms with E-state index in [1.54, 1.807) is 25.2 Å². The molecule has 1 saturated heterocycles. The fourth-order valence-electron chi connectivity index (χ4n) is 2.63. The molecule has 128 valence electrons. The highest BCUT2D eigenvalue weighted by molar-refractivity contribution is 7.89. The van der Waals surface area contributed by atoms with Gasteiger partial charge >= 0.3 is 0 Å². The number of carbonyl (C=O) groups excluding carboxylic acids is 1. The van der Waals surface area contributed by atoms with Gasteiger partial charge < -0.3 is 4.90 Å². The fourth-order valence-corrected chi connectivity index (χ4v) is 4.04. The monoisotopic (exact) mass is 338 g/mol. The summed E-state index contributed by atoms with van der Waals surface area (Å²) in [4.78, 5) is 14.6. The third-order valence-corrected chi connectivity index (χ3v) is 6.59. The highest BCUT2D eigenvalue weighted by Crippen LogP contribution is 2.21. The Hall–Kier alpha value is -1.40. The van der Waals surface area contributed by atoms with Crippen molar-refractivity contribution < 1.29 is 13.2 Å². The largest absolute Gasteiger partial charge is 0.339 e. The average Bonchev–Trinajstić information content (AvgIpc) is 2.54. The number of hydrogen-bond acceptors (Lipinski definition) is 3. The van der Waals surface area contributed by atoms with Crippen LogP contribution in [-0.2, 0) is 10.0 Å². The van der Waals surface area contributed by atoms with Gasteiger partial charge in [0.15, 0.2) is 0 Å². The van der Waals surface area contributed by atoms with Crippen LogP contribution >= 0.6 is 0 Å². The summed E-state index contributed by atoms with van der Waals surface area (Å²) in [6.45, 7) is 7.31. The van der Waals surface area contributed by atoms with Gasteiger partial charge in [-0.3, -0.25) is 4.79 Å². The van der Waals surface area contributed by atoms with Crippen molar-refractivity contribution in [1.29, 1.82) is 0 Å². The molecule has 1 fully saturated rings. The molecule has 0 spiro atoms. The average molecular weight is 338 g/mol. The minimum atomic E-state index is -3.57. The first-order chi connectivity index (χ1) is 10.7. The molecule has 0 bridgehead atoms. The molecule has 0 saturated carbocycles. The van der Waals surface area contributed by atoms with Crippen LogP contribution in [0.2, 0.25) is 0 Å². The zero-order valence-corrected chi connectivity index (χ0v) is 15.1. The molecule has 2 rings (SSSR count). The number of rotatable bonds is 4. The molecular weight excluding hydrogens is 312 g/mol. The summed E-state index contributed by atoms with van der Waals surface area (Å²) in [6.07, 6.45) is 2.00. The maximum Gasteiger partial charge on any atom is 0.253 e. The molecule has 0 radical (unpaired) electrons. The first kappa shape index (κ1) is 17.9. The number of piperidine rings is 1. The zero-order valence-electron chi connectivity index (χ0n) is 14.3. The quantitative estimate of drug-likeness (QED) is 0.848. The second-order valence-electron chi connectivity index (χ2n) is 6.62. The smallest absolute Gasteiger partial charge is 0.253 e. The second kappa shape index (κ2) is 7.01. The highest BCUT2D eigenvalue weighted by Gasteiger charge is 2.26. The van der Waals surface area contributed by atoms with Crippen LogP contribution in [0.4, 0.5) is 0 Å². The van der Waals surface area contributed by atoms with Gasteiger partial charge in [-0.25, -0.2) is 8.42 Å². The van der Waals surface area contributed by atoms with Crippen LogP contribution in [0.5, 0.6) is 0 Å². The number of nitrogens with zero attached hydrogens (tertiary/aromatic N) is 2. The fraction of sp³-hybridized carbons (Fsp3) is 0.588. The zero-order chi connectivity index (χ0) is 17.2. The number of benzene rings is 1. The van der Waals surface area contributed by atoms with E-state index in [2.05, 4.69) is 6.92 Å². The van der Waals surface area contributed by atoms with Crippen LogP contribution < -0.4 is 0 Å². The molecule has 1 aromatic rings. The summed E-state index contributed by atoms with van der Waals surface area (Å²) in [6, 6.07) is 6.23. The number of sulfonamides is 1. The van der Waals surface area contributed by atoms with Crippen LogP contribution in [0, 0.1) is 5.92 Å². The molecule has 1 aliphatic rings. The lowest BCUT2D eigenvalue weighted by Crippen LogP contribution is -2.38. The molecular formula is C17H26N2O3S. The van der Waals surface area contributed by atoms with Gasteiger partial charge in [0.1, 0.15) is 0 Å². The van der Waals surface area contributed by atoms with Crippen LogP contribution in [0.25, 0.3) is 0 Å². The van der Waals surface area contributed by atoms with Gasteiger partial charge in [0.25, 0.3) is 5.91 Å². The minimum absolute atomic E-state index is 0.0823. The standard InChI is InChI=1S/C17H26N2O3S/c1-13(2)18(4)23(21,22)16-7-5-6-15(12-16)17(20)19-10-8-14(3)9-11-19/h5-7,12-14H,8-11H2,1-4H3. The lowest BCUT2D eigenvalue weighted by Gasteiger charge is -2.30. The van der Waals surface area contributed by atoms with Crippen molar-refractivity contribution in [2.75, 3.05) is 20.1 Å². The normalized spacial score (nSPS) is 17.0. The molecule has 0 aromatic heterocycles. The van der Waals surface area contributed by atoms with E-state index in [0.717, 1.165) is 25.9 Å². The lowest BCUT2D eigenvalue weighted by atomic mass is 9.98. The minimum Gasteiger partial charge on any atom is -0.339 e. The van der Waals surface area contributed by atoms with E-state index in [-0.39, 0.29) is 16.8 Å². The number of carbonyl (C=O) groups is 1. The van der Waals surface area contributed by atoms with Crippen LogP contribution in [-0.4, -0.2) is 49.7 Å². The molecule has 0 N–H and O–H groups in total. The molecule has 6 heteroatoms. The summed E-state index contributed by atoms with van der Waals surface area (Å²) in [5, 5.41) is 0. The van der Waals surface area contributed by atoms with E-state index in [9.17, 15) is 13.2 Å². The van der Waals surface area contributed by atoms with Gasteiger partial charge in [-0.15, -0.1) is 0 Å². The van der Waals surface area contributed by atoms with Crippen LogP contribution in [0.3, 0.4) is 0 Å². The summed E-state index contributed by atoms with van der Waals surface area (Å²) < 4.78 is 26.5. The predicted octanol–water partition coefficient (Wildman–Crippen LogP) is 2.59. The molecule has 23 heavy (non-hydrogen) atoms. The van der Waals surface area contributed by atoms with Crippen LogP contribution in [0.15, 0.2) is 29.2 Å². The second-order valence-corrected chi connectivity index (χ2v) is 8.62. The molecule has 1 heterocycles. The van der Waals surface area contributed by atoms with Gasteiger partial charge in [-0.05, 0) is 50.8 Å². The van der Waals surface area contributed by atoms with Crippen molar-refractivity contribution >= 4 is 15.9 Å². The third-order valence-electron chi connectivity index (χ3n) is 4.56. The Labute approximate surface area is 139 Å². The first-order valence-corrected chi connectivity index (χ1v) is 9.55. The van der Waals surface area contributed by atoms with Gasteiger partial charge in [-0.2, -0.15) is 4.31 Å². The van der Waals surface area contributed by atoms with E-state index in [0.29, 0.717) is 11.5 Å². The molecule has 1 amide bonds. The number of amides is 1. The van der Waals surface area contributed by atoms with E-state index in [1.807, 2.05) is 18.7 Å². The van der Waals surface area contributed by atoms with Gasteiger partial charge in [0.2, 0.25) is 10.0 Å². The van der Waals surface area contributed by atoms with Gasteiger partial charge in [0, 0.05) is 31.7 Å². The van der Waals surface area contributed by atoms with Crippen molar-refractivity contribution in [1.82, 2.24) is 9.21 Å². The molecule has 0 aliphatic carbocycles. The Morgan fingerprint density at radius 2 is 1.87 bits per heavy atom.